The molecule has 2 aromatic carbocycles. The third-order valence-electron chi connectivity index (χ3n) is 4.58. The first-order chi connectivity index (χ1) is 14.0. The predicted octanol–water partition coefficient (Wildman–Crippen LogP) is 4.73. The van der Waals surface area contributed by atoms with Crippen molar-refractivity contribution in [3.8, 4) is 0 Å². The van der Waals surface area contributed by atoms with Gasteiger partial charge in [0.05, 0.1) is 5.52 Å². The number of hydrogen-bond donors (Lipinski definition) is 2. The van der Waals surface area contributed by atoms with E-state index in [9.17, 15) is 9.59 Å². The summed E-state index contributed by atoms with van der Waals surface area (Å²) in [4.78, 5) is 24.4. The van der Waals surface area contributed by atoms with E-state index in [1.54, 1.807) is 24.3 Å². The van der Waals surface area contributed by atoms with Crippen molar-refractivity contribution in [1.29, 1.82) is 0 Å². The third-order valence-corrected chi connectivity index (χ3v) is 5.15. The molecule has 0 saturated carbocycles. The van der Waals surface area contributed by atoms with Crippen molar-refractivity contribution in [2.24, 2.45) is 0 Å². The molecule has 0 aliphatic carbocycles. The average molecular weight is 434 g/mol. The molecule has 1 heterocycles. The molecule has 1 aromatic heterocycles. The standard InChI is InChI=1S/C21H21Cl2N3O3/c1-2-5-13(15-9-8-14(22)10-17(15)23)11-24-19(27)12-29-21(28)20-16-6-3-4-7-18(16)25-26-20/h3-4,6-10,13H,2,5,11-12H2,1H3,(H,24,27)(H,25,26). The van der Waals surface area contributed by atoms with Crippen molar-refractivity contribution in [1.82, 2.24) is 15.5 Å². The number of H-pyrrole nitrogens is 1. The molecule has 1 unspecified atom stereocenters. The van der Waals surface area contributed by atoms with Gasteiger partial charge < -0.3 is 10.1 Å². The van der Waals surface area contributed by atoms with E-state index in [-0.39, 0.29) is 24.1 Å². The first-order valence-electron chi connectivity index (χ1n) is 9.31. The third kappa shape index (κ3) is 5.28. The predicted molar refractivity (Wildman–Crippen MR) is 113 cm³/mol. The zero-order valence-corrected chi connectivity index (χ0v) is 17.4. The Morgan fingerprint density at radius 1 is 1.21 bits per heavy atom. The fraction of sp³-hybridized carbons (Fsp3) is 0.286. The fourth-order valence-electron chi connectivity index (χ4n) is 3.16. The van der Waals surface area contributed by atoms with Crippen LogP contribution in [0, 0.1) is 0 Å². The van der Waals surface area contributed by atoms with Crippen molar-refractivity contribution in [2.75, 3.05) is 13.2 Å². The molecular formula is C21H21Cl2N3O3. The molecule has 3 rings (SSSR count). The van der Waals surface area contributed by atoms with Crippen LogP contribution in [-0.2, 0) is 9.53 Å². The van der Waals surface area contributed by atoms with Crippen LogP contribution in [0.5, 0.6) is 0 Å². The minimum Gasteiger partial charge on any atom is -0.451 e. The van der Waals surface area contributed by atoms with Gasteiger partial charge >= 0.3 is 5.97 Å². The quantitative estimate of drug-likeness (QED) is 0.503. The number of esters is 1. The van der Waals surface area contributed by atoms with Gasteiger partial charge in [-0.1, -0.05) is 60.8 Å². The van der Waals surface area contributed by atoms with Gasteiger partial charge in [0.1, 0.15) is 0 Å². The molecular weight excluding hydrogens is 413 g/mol. The number of carbonyl (C=O) groups is 2. The summed E-state index contributed by atoms with van der Waals surface area (Å²) in [6, 6.07) is 12.6. The van der Waals surface area contributed by atoms with E-state index in [0.29, 0.717) is 22.0 Å². The van der Waals surface area contributed by atoms with E-state index >= 15 is 0 Å². The van der Waals surface area contributed by atoms with E-state index in [1.807, 2.05) is 18.2 Å². The Labute approximate surface area is 178 Å². The number of amides is 1. The van der Waals surface area contributed by atoms with Crippen LogP contribution in [0.1, 0.15) is 41.7 Å². The number of ether oxygens (including phenoxy) is 1. The summed E-state index contributed by atoms with van der Waals surface area (Å²) in [7, 11) is 0. The second kappa shape index (κ2) is 9.76. The Balaban J connectivity index is 1.56. The highest BCUT2D eigenvalue weighted by Gasteiger charge is 2.18. The summed E-state index contributed by atoms with van der Waals surface area (Å²) in [5.74, 6) is -0.993. The van der Waals surface area contributed by atoms with Crippen LogP contribution in [0.15, 0.2) is 42.5 Å². The second-order valence-electron chi connectivity index (χ2n) is 6.65. The summed E-state index contributed by atoms with van der Waals surface area (Å²) >= 11 is 12.3. The van der Waals surface area contributed by atoms with Crippen LogP contribution >= 0.6 is 23.2 Å². The molecule has 0 radical (unpaired) electrons. The first kappa shape index (κ1) is 21.1. The lowest BCUT2D eigenvalue weighted by molar-refractivity contribution is -0.124. The van der Waals surface area contributed by atoms with Crippen molar-refractivity contribution >= 4 is 46.0 Å². The topological polar surface area (TPSA) is 84.1 Å². The lowest BCUT2D eigenvalue weighted by atomic mass is 9.94. The number of aromatic amines is 1. The zero-order chi connectivity index (χ0) is 20.8. The van der Waals surface area contributed by atoms with Gasteiger partial charge in [-0.2, -0.15) is 5.10 Å². The fourth-order valence-corrected chi connectivity index (χ4v) is 3.72. The highest BCUT2D eigenvalue weighted by atomic mass is 35.5. The molecule has 1 atom stereocenters. The van der Waals surface area contributed by atoms with Crippen LogP contribution in [-0.4, -0.2) is 35.2 Å². The summed E-state index contributed by atoms with van der Waals surface area (Å²) in [5.41, 5.74) is 1.81. The number of nitrogens with zero attached hydrogens (tertiary/aromatic N) is 1. The van der Waals surface area contributed by atoms with Crippen molar-refractivity contribution in [3.05, 3.63) is 63.8 Å². The van der Waals surface area contributed by atoms with Gasteiger partial charge in [-0.15, -0.1) is 0 Å². The SMILES string of the molecule is CCCC(CNC(=O)COC(=O)c1n[nH]c2ccccc12)c1ccc(Cl)cc1Cl. The van der Waals surface area contributed by atoms with Crippen LogP contribution in [0.4, 0.5) is 0 Å². The number of hydrogen-bond acceptors (Lipinski definition) is 4. The van der Waals surface area contributed by atoms with Crippen molar-refractivity contribution in [2.45, 2.75) is 25.7 Å². The van der Waals surface area contributed by atoms with E-state index in [2.05, 4.69) is 22.4 Å². The van der Waals surface area contributed by atoms with Crippen molar-refractivity contribution < 1.29 is 14.3 Å². The Morgan fingerprint density at radius 3 is 2.76 bits per heavy atom. The number of nitrogens with one attached hydrogen (secondary N) is 2. The Hall–Kier alpha value is -2.57. The minimum atomic E-state index is -0.650. The van der Waals surface area contributed by atoms with Gasteiger partial charge in [-0.05, 0) is 30.2 Å². The maximum atomic E-state index is 12.2. The number of para-hydroxylation sites is 1. The van der Waals surface area contributed by atoms with Crippen LogP contribution in [0.2, 0.25) is 10.0 Å². The lowest BCUT2D eigenvalue weighted by Crippen LogP contribution is -2.32. The van der Waals surface area contributed by atoms with Gasteiger partial charge in [-0.3, -0.25) is 9.89 Å². The maximum Gasteiger partial charge on any atom is 0.359 e. The Kier molecular flexibility index (Phi) is 7.12. The smallest absolute Gasteiger partial charge is 0.359 e. The number of fused-ring (bicyclic) bond motifs is 1. The molecule has 3 aromatic rings. The van der Waals surface area contributed by atoms with E-state index < -0.39 is 5.97 Å². The normalized spacial score (nSPS) is 12.0. The molecule has 6 nitrogen and oxygen atoms in total. The molecule has 8 heteroatoms. The number of benzene rings is 2. The molecule has 0 aliphatic heterocycles. The molecule has 29 heavy (non-hydrogen) atoms. The molecule has 0 bridgehead atoms. The summed E-state index contributed by atoms with van der Waals surface area (Å²) in [6.45, 7) is 2.07. The number of aromatic nitrogens is 2. The number of rotatable bonds is 8. The molecule has 2 N–H and O–H groups in total. The van der Waals surface area contributed by atoms with Gasteiger partial charge in [0, 0.05) is 27.9 Å². The molecule has 0 aliphatic rings. The second-order valence-corrected chi connectivity index (χ2v) is 7.49. The average Bonchev–Trinajstić information content (AvgIpc) is 3.14. The monoisotopic (exact) mass is 433 g/mol. The van der Waals surface area contributed by atoms with Gasteiger partial charge in [0.25, 0.3) is 5.91 Å². The van der Waals surface area contributed by atoms with Crippen LogP contribution < -0.4 is 5.32 Å². The Morgan fingerprint density at radius 2 is 2.00 bits per heavy atom. The van der Waals surface area contributed by atoms with Gasteiger partial charge in [-0.25, -0.2) is 4.79 Å². The highest BCUT2D eigenvalue weighted by molar-refractivity contribution is 6.35. The van der Waals surface area contributed by atoms with Crippen LogP contribution in [0.3, 0.4) is 0 Å². The number of halogens is 2. The molecule has 0 fully saturated rings. The molecule has 152 valence electrons. The number of carbonyl (C=O) groups excluding carboxylic acids is 2. The molecule has 0 saturated heterocycles. The maximum absolute atomic E-state index is 12.2. The van der Waals surface area contributed by atoms with Crippen LogP contribution in [0.25, 0.3) is 10.9 Å². The lowest BCUT2D eigenvalue weighted by Gasteiger charge is -2.19. The summed E-state index contributed by atoms with van der Waals surface area (Å²) < 4.78 is 5.12. The minimum absolute atomic E-state index is 0.0414. The highest BCUT2D eigenvalue weighted by Crippen LogP contribution is 2.30. The molecule has 1 amide bonds. The van der Waals surface area contributed by atoms with Crippen molar-refractivity contribution in [3.63, 3.8) is 0 Å². The largest absolute Gasteiger partial charge is 0.451 e. The Bertz CT molecular complexity index is 1020. The van der Waals surface area contributed by atoms with E-state index in [1.165, 1.54) is 0 Å². The molecule has 0 spiro atoms. The zero-order valence-electron chi connectivity index (χ0n) is 15.9. The van der Waals surface area contributed by atoms with Gasteiger partial charge in [0.15, 0.2) is 12.3 Å². The first-order valence-corrected chi connectivity index (χ1v) is 10.1. The van der Waals surface area contributed by atoms with Gasteiger partial charge in [0.2, 0.25) is 0 Å². The van der Waals surface area contributed by atoms with E-state index in [0.717, 1.165) is 23.9 Å². The van der Waals surface area contributed by atoms with E-state index in [4.69, 9.17) is 27.9 Å². The summed E-state index contributed by atoms with van der Waals surface area (Å²) in [6.07, 6.45) is 1.78. The summed E-state index contributed by atoms with van der Waals surface area (Å²) in [5, 5.41) is 11.3.